The number of likely N-dealkylation sites (tertiary alicyclic amines) is 1. The first-order valence-electron chi connectivity index (χ1n) is 17.7. The minimum atomic E-state index is -0.989. The Hall–Kier alpha value is -3.90. The maximum Gasteiger partial charge on any atom is 0.289 e. The predicted octanol–water partition coefficient (Wildman–Crippen LogP) is 2.20. The van der Waals surface area contributed by atoms with Gasteiger partial charge in [-0.25, -0.2) is 4.98 Å². The highest BCUT2D eigenvalue weighted by Gasteiger charge is 2.54. The summed E-state index contributed by atoms with van der Waals surface area (Å²) in [6, 6.07) is -3.83. The molecule has 3 aliphatic carbocycles. The quantitative estimate of drug-likeness (QED) is 0.232. The summed E-state index contributed by atoms with van der Waals surface area (Å²) in [6.45, 7) is 7.47. The van der Waals surface area contributed by atoms with Crippen LogP contribution in [0.1, 0.15) is 115 Å². The van der Waals surface area contributed by atoms with Crippen LogP contribution in [0, 0.1) is 17.3 Å². The SMILES string of the molecule is CCC[C@H](NC(=O)[C@@H]1[C@H]2CC[C@H](C2)N1C(=O)[C@H](NC(=O)[C@H](NC(=O)c1cnccn1)C1CCCCC1)C(C)(C)C)C(=O)C(=O)NC1CC1. The van der Waals surface area contributed by atoms with Crippen molar-refractivity contribution in [2.45, 2.75) is 141 Å². The van der Waals surface area contributed by atoms with Gasteiger partial charge in [-0.2, -0.15) is 0 Å². The number of rotatable bonds is 13. The van der Waals surface area contributed by atoms with Crippen LogP contribution in [0.15, 0.2) is 18.6 Å². The molecule has 6 atom stereocenters. The maximum atomic E-state index is 14.6. The number of carbonyl (C=O) groups is 6. The van der Waals surface area contributed by atoms with Crippen molar-refractivity contribution in [3.8, 4) is 0 Å². The van der Waals surface area contributed by atoms with E-state index in [2.05, 4.69) is 31.2 Å². The van der Waals surface area contributed by atoms with Gasteiger partial charge in [-0.3, -0.25) is 33.8 Å². The summed E-state index contributed by atoms with van der Waals surface area (Å²) in [6.07, 6.45) is 13.4. The molecule has 1 aliphatic heterocycles. The van der Waals surface area contributed by atoms with E-state index in [-0.39, 0.29) is 35.5 Å². The molecular formula is C35H51N7O6. The molecule has 1 saturated heterocycles. The average Bonchev–Trinajstić information content (AvgIpc) is 3.64. The molecule has 1 aromatic heterocycles. The smallest absolute Gasteiger partial charge is 0.289 e. The second-order valence-electron chi connectivity index (χ2n) is 15.1. The highest BCUT2D eigenvalue weighted by Crippen LogP contribution is 2.44. The summed E-state index contributed by atoms with van der Waals surface area (Å²) in [5, 5.41) is 11.4. The molecule has 13 heteroatoms. The van der Waals surface area contributed by atoms with E-state index >= 15 is 0 Å². The Kier molecular flexibility index (Phi) is 11.1. The van der Waals surface area contributed by atoms with Crippen LogP contribution in [0.4, 0.5) is 0 Å². The van der Waals surface area contributed by atoms with Crippen LogP contribution in [0.3, 0.4) is 0 Å². The number of piperidine rings is 1. The van der Waals surface area contributed by atoms with Crippen molar-refractivity contribution in [2.75, 3.05) is 0 Å². The molecule has 0 unspecified atom stereocenters. The van der Waals surface area contributed by atoms with Gasteiger partial charge in [-0.05, 0) is 68.6 Å². The fourth-order valence-corrected chi connectivity index (χ4v) is 7.63. The first-order chi connectivity index (χ1) is 22.9. The Morgan fingerprint density at radius 1 is 0.917 bits per heavy atom. The van der Waals surface area contributed by atoms with Crippen LogP contribution >= 0.6 is 0 Å². The molecule has 262 valence electrons. The number of hydrogen-bond donors (Lipinski definition) is 4. The largest absolute Gasteiger partial charge is 0.347 e. The molecular weight excluding hydrogens is 614 g/mol. The number of ketones is 1. The number of Topliss-reactive ketones (excluding diaryl/α,β-unsaturated/α-hetero) is 1. The van der Waals surface area contributed by atoms with Gasteiger partial charge in [0, 0.05) is 24.5 Å². The lowest BCUT2D eigenvalue weighted by molar-refractivity contribution is -0.149. The van der Waals surface area contributed by atoms with Crippen LogP contribution in [-0.2, 0) is 24.0 Å². The zero-order chi connectivity index (χ0) is 34.6. The monoisotopic (exact) mass is 665 g/mol. The summed E-state index contributed by atoms with van der Waals surface area (Å²) >= 11 is 0. The summed E-state index contributed by atoms with van der Waals surface area (Å²) in [5.41, 5.74) is -0.634. The number of fused-ring (bicyclic) bond motifs is 2. The van der Waals surface area contributed by atoms with E-state index in [0.29, 0.717) is 19.3 Å². The Morgan fingerprint density at radius 2 is 1.65 bits per heavy atom. The van der Waals surface area contributed by atoms with Gasteiger partial charge in [0.2, 0.25) is 23.5 Å². The fourth-order valence-electron chi connectivity index (χ4n) is 7.63. The maximum absolute atomic E-state index is 14.6. The molecule has 1 aromatic rings. The zero-order valence-corrected chi connectivity index (χ0v) is 28.6. The Balaban J connectivity index is 1.34. The second-order valence-corrected chi connectivity index (χ2v) is 15.1. The molecule has 5 amide bonds. The lowest BCUT2D eigenvalue weighted by Crippen LogP contribution is -2.64. The van der Waals surface area contributed by atoms with E-state index in [1.165, 1.54) is 18.6 Å². The third-order valence-electron chi connectivity index (χ3n) is 10.3. The van der Waals surface area contributed by atoms with Gasteiger partial charge >= 0.3 is 0 Å². The van der Waals surface area contributed by atoms with Crippen LogP contribution in [0.25, 0.3) is 0 Å². The van der Waals surface area contributed by atoms with Crippen molar-refractivity contribution in [2.24, 2.45) is 17.3 Å². The molecule has 2 bridgehead atoms. The lowest BCUT2D eigenvalue weighted by atomic mass is 9.81. The van der Waals surface area contributed by atoms with E-state index in [4.69, 9.17) is 0 Å². The van der Waals surface area contributed by atoms with Crippen LogP contribution in [0.2, 0.25) is 0 Å². The summed E-state index contributed by atoms with van der Waals surface area (Å²) in [4.78, 5) is 91.0. The van der Waals surface area contributed by atoms with Gasteiger partial charge in [0.05, 0.1) is 12.2 Å². The van der Waals surface area contributed by atoms with Crippen LogP contribution in [0.5, 0.6) is 0 Å². The third-order valence-corrected chi connectivity index (χ3v) is 10.3. The molecule has 0 radical (unpaired) electrons. The van der Waals surface area contributed by atoms with Crippen molar-refractivity contribution >= 4 is 35.3 Å². The van der Waals surface area contributed by atoms with Gasteiger partial charge in [0.1, 0.15) is 23.8 Å². The zero-order valence-electron chi connectivity index (χ0n) is 28.6. The highest BCUT2D eigenvalue weighted by molar-refractivity contribution is 6.38. The molecule has 4 N–H and O–H groups in total. The number of amides is 5. The summed E-state index contributed by atoms with van der Waals surface area (Å²) in [5.74, 6) is -3.33. The van der Waals surface area contributed by atoms with Crippen LogP contribution in [-0.4, -0.2) is 86.4 Å². The van der Waals surface area contributed by atoms with E-state index in [9.17, 15) is 28.8 Å². The normalized spacial score (nSPS) is 24.2. The Morgan fingerprint density at radius 3 is 2.27 bits per heavy atom. The minimum Gasteiger partial charge on any atom is -0.347 e. The average molecular weight is 666 g/mol. The molecule has 3 saturated carbocycles. The summed E-state index contributed by atoms with van der Waals surface area (Å²) < 4.78 is 0. The van der Waals surface area contributed by atoms with Crippen molar-refractivity contribution in [3.05, 3.63) is 24.3 Å². The standard InChI is InChI=1S/C35H51N7O6/c1-5-9-24(28(43)33(47)38-22-13-14-22)39-32(46)27-21-12-15-23(18-21)42(27)34(48)29(35(2,3)4)41-31(45)26(20-10-7-6-8-11-20)40-30(44)25-19-36-16-17-37-25/h16-17,19-24,26-27,29H,5-15,18H2,1-4H3,(H,38,47)(H,39,46)(H,40,44)(H,41,45)/t21-,23+,24-,26+,27-,29-/m0/s1. The van der Waals surface area contributed by atoms with Gasteiger partial charge in [0.15, 0.2) is 0 Å². The number of carbonyl (C=O) groups excluding carboxylic acids is 6. The molecule has 2 heterocycles. The van der Waals surface area contributed by atoms with Crippen molar-refractivity contribution < 1.29 is 28.8 Å². The van der Waals surface area contributed by atoms with Crippen molar-refractivity contribution in [1.82, 2.24) is 36.1 Å². The topological polar surface area (TPSA) is 180 Å². The minimum absolute atomic E-state index is 0.0145. The molecule has 5 rings (SSSR count). The highest BCUT2D eigenvalue weighted by atomic mass is 16.2. The first-order valence-corrected chi connectivity index (χ1v) is 17.7. The predicted molar refractivity (Wildman–Crippen MR) is 176 cm³/mol. The molecule has 4 fully saturated rings. The molecule has 13 nitrogen and oxygen atoms in total. The van der Waals surface area contributed by atoms with E-state index in [1.54, 1.807) is 4.90 Å². The Bertz CT molecular complexity index is 1370. The molecule has 48 heavy (non-hydrogen) atoms. The van der Waals surface area contributed by atoms with Crippen LogP contribution < -0.4 is 21.3 Å². The fraction of sp³-hybridized carbons (Fsp3) is 0.714. The molecule has 0 spiro atoms. The summed E-state index contributed by atoms with van der Waals surface area (Å²) in [7, 11) is 0. The van der Waals surface area contributed by atoms with Gasteiger partial charge in [-0.1, -0.05) is 53.4 Å². The van der Waals surface area contributed by atoms with Crippen molar-refractivity contribution in [1.29, 1.82) is 0 Å². The number of nitrogens with zero attached hydrogens (tertiary/aromatic N) is 3. The second kappa shape index (κ2) is 15.1. The Labute approximate surface area is 282 Å². The van der Waals surface area contributed by atoms with Crippen molar-refractivity contribution in [3.63, 3.8) is 0 Å². The first kappa shape index (κ1) is 35.4. The third kappa shape index (κ3) is 8.20. The van der Waals surface area contributed by atoms with E-state index < -0.39 is 59.0 Å². The van der Waals surface area contributed by atoms with E-state index in [0.717, 1.165) is 57.8 Å². The lowest BCUT2D eigenvalue weighted by Gasteiger charge is -2.41. The molecule has 4 aliphatic rings. The van der Waals surface area contributed by atoms with Gasteiger partial charge in [0.25, 0.3) is 11.8 Å². The molecule has 0 aromatic carbocycles. The number of nitrogens with one attached hydrogen (secondary N) is 4. The number of hydrogen-bond acceptors (Lipinski definition) is 8. The van der Waals surface area contributed by atoms with Gasteiger partial charge < -0.3 is 26.2 Å². The van der Waals surface area contributed by atoms with E-state index in [1.807, 2.05) is 27.7 Å². The van der Waals surface area contributed by atoms with Gasteiger partial charge in [-0.15, -0.1) is 0 Å². The number of aromatic nitrogens is 2.